The van der Waals surface area contributed by atoms with Crippen molar-refractivity contribution in [3.05, 3.63) is 87.3 Å². The molecule has 6 heteroatoms. The van der Waals surface area contributed by atoms with Crippen LogP contribution in [0.3, 0.4) is 0 Å². The van der Waals surface area contributed by atoms with Gasteiger partial charge in [0.05, 0.1) is 5.75 Å². The molecular weight excluding hydrogens is 370 g/mol. The lowest BCUT2D eigenvalue weighted by Gasteiger charge is -2.10. The first kappa shape index (κ1) is 19.9. The van der Waals surface area contributed by atoms with E-state index in [1.807, 2.05) is 68.4 Å². The summed E-state index contributed by atoms with van der Waals surface area (Å²) in [7, 11) is 0. The van der Waals surface area contributed by atoms with E-state index in [1.54, 1.807) is 0 Å². The summed E-state index contributed by atoms with van der Waals surface area (Å²) in [6.45, 7) is 3.88. The molecule has 0 radical (unpaired) electrons. The molecular formula is C22H23N3O2S. The zero-order chi connectivity index (χ0) is 19.9. The van der Waals surface area contributed by atoms with E-state index in [-0.39, 0.29) is 17.2 Å². The molecule has 0 unspecified atom stereocenters. The summed E-state index contributed by atoms with van der Waals surface area (Å²) < 4.78 is 0. The lowest BCUT2D eigenvalue weighted by molar-refractivity contribution is -0.113. The van der Waals surface area contributed by atoms with Crippen molar-refractivity contribution in [3.8, 4) is 0 Å². The third kappa shape index (κ3) is 5.10. The molecule has 0 aliphatic heterocycles. The molecule has 3 rings (SSSR count). The second-order valence-corrected chi connectivity index (χ2v) is 7.41. The van der Waals surface area contributed by atoms with Crippen molar-refractivity contribution in [2.75, 3.05) is 11.1 Å². The number of nitrogens with one attached hydrogen (secondary N) is 2. The molecule has 0 spiro atoms. The average molecular weight is 394 g/mol. The molecule has 5 nitrogen and oxygen atoms in total. The van der Waals surface area contributed by atoms with Gasteiger partial charge in [0.2, 0.25) is 5.91 Å². The summed E-state index contributed by atoms with van der Waals surface area (Å²) in [6, 6.07) is 17.6. The highest BCUT2D eigenvalue weighted by Crippen LogP contribution is 2.18. The number of H-pyrrole nitrogens is 1. The summed E-state index contributed by atoms with van der Waals surface area (Å²) in [6.07, 6.45) is 1.38. The summed E-state index contributed by atoms with van der Waals surface area (Å²) in [5.41, 5.74) is 4.16. The molecule has 1 aromatic heterocycles. The maximum absolute atomic E-state index is 12.5. The van der Waals surface area contributed by atoms with E-state index in [0.717, 1.165) is 23.2 Å². The van der Waals surface area contributed by atoms with Gasteiger partial charge in [0.25, 0.3) is 5.56 Å². The van der Waals surface area contributed by atoms with Gasteiger partial charge in [-0.3, -0.25) is 9.59 Å². The van der Waals surface area contributed by atoms with Crippen LogP contribution in [0.2, 0.25) is 0 Å². The Hall–Kier alpha value is -2.86. The number of aromatic amines is 1. The van der Waals surface area contributed by atoms with Crippen molar-refractivity contribution in [1.82, 2.24) is 9.97 Å². The highest BCUT2D eigenvalue weighted by molar-refractivity contribution is 7.99. The van der Waals surface area contributed by atoms with Crippen molar-refractivity contribution < 1.29 is 4.79 Å². The van der Waals surface area contributed by atoms with Crippen LogP contribution in [0.5, 0.6) is 0 Å². The van der Waals surface area contributed by atoms with Gasteiger partial charge in [0.15, 0.2) is 5.16 Å². The molecule has 0 saturated heterocycles. The summed E-state index contributed by atoms with van der Waals surface area (Å²) in [4.78, 5) is 32.0. The minimum atomic E-state index is -0.157. The fourth-order valence-electron chi connectivity index (χ4n) is 2.93. The lowest BCUT2D eigenvalue weighted by Crippen LogP contribution is -2.19. The molecule has 0 atom stereocenters. The van der Waals surface area contributed by atoms with Crippen LogP contribution >= 0.6 is 11.8 Å². The highest BCUT2D eigenvalue weighted by atomic mass is 32.2. The topological polar surface area (TPSA) is 74.8 Å². The highest BCUT2D eigenvalue weighted by Gasteiger charge is 2.12. The Balaban J connectivity index is 1.65. The molecule has 1 amide bonds. The smallest absolute Gasteiger partial charge is 0.255 e. The quantitative estimate of drug-likeness (QED) is 0.471. The monoisotopic (exact) mass is 393 g/mol. The van der Waals surface area contributed by atoms with Crippen molar-refractivity contribution in [2.24, 2.45) is 0 Å². The van der Waals surface area contributed by atoms with Crippen molar-refractivity contribution >= 4 is 23.4 Å². The zero-order valence-electron chi connectivity index (χ0n) is 16.0. The standard InChI is InChI=1S/C22H23N3O2S/c1-3-17-11-7-8-12-19(17)24-20(26)14-28-22-23-15(2)18(21(27)25-22)13-16-9-5-4-6-10-16/h4-12H,3,13-14H2,1-2H3,(H,24,26)(H,23,25,27). The maximum atomic E-state index is 12.5. The number of amides is 1. The van der Waals surface area contributed by atoms with Crippen molar-refractivity contribution in [2.45, 2.75) is 31.8 Å². The third-order valence-corrected chi connectivity index (χ3v) is 5.31. The molecule has 3 aromatic rings. The minimum absolute atomic E-state index is 0.125. The number of thioether (sulfide) groups is 1. The molecule has 0 saturated carbocycles. The van der Waals surface area contributed by atoms with Gasteiger partial charge in [0.1, 0.15) is 0 Å². The minimum Gasteiger partial charge on any atom is -0.325 e. The van der Waals surface area contributed by atoms with E-state index < -0.39 is 0 Å². The molecule has 2 aromatic carbocycles. The number of nitrogens with zero attached hydrogens (tertiary/aromatic N) is 1. The van der Waals surface area contributed by atoms with Gasteiger partial charge in [0, 0.05) is 23.4 Å². The van der Waals surface area contributed by atoms with E-state index in [2.05, 4.69) is 15.3 Å². The predicted molar refractivity (Wildman–Crippen MR) is 114 cm³/mol. The summed E-state index contributed by atoms with van der Waals surface area (Å²) in [5, 5.41) is 3.38. The van der Waals surface area contributed by atoms with Crippen LogP contribution in [0.1, 0.15) is 29.3 Å². The molecule has 144 valence electrons. The molecule has 0 aliphatic rings. The Morgan fingerprint density at radius 3 is 2.54 bits per heavy atom. The second-order valence-electron chi connectivity index (χ2n) is 6.44. The largest absolute Gasteiger partial charge is 0.325 e. The normalized spacial score (nSPS) is 10.6. The zero-order valence-corrected chi connectivity index (χ0v) is 16.8. The molecule has 1 heterocycles. The molecule has 2 N–H and O–H groups in total. The SMILES string of the molecule is CCc1ccccc1NC(=O)CSc1nc(C)c(Cc2ccccc2)c(=O)[nH]1. The van der Waals surface area contributed by atoms with Crippen LogP contribution in [-0.2, 0) is 17.6 Å². The Bertz CT molecular complexity index is 1020. The number of para-hydroxylation sites is 1. The predicted octanol–water partition coefficient (Wildman–Crippen LogP) is 3.96. The van der Waals surface area contributed by atoms with Crippen LogP contribution in [0.4, 0.5) is 5.69 Å². The Kier molecular flexibility index (Phi) is 6.66. The number of hydrogen-bond acceptors (Lipinski definition) is 4. The second kappa shape index (κ2) is 9.37. The van der Waals surface area contributed by atoms with E-state index >= 15 is 0 Å². The maximum Gasteiger partial charge on any atom is 0.255 e. The molecule has 0 aliphatic carbocycles. The van der Waals surface area contributed by atoms with E-state index in [4.69, 9.17) is 0 Å². The first-order valence-electron chi connectivity index (χ1n) is 9.21. The van der Waals surface area contributed by atoms with Gasteiger partial charge in [-0.15, -0.1) is 0 Å². The van der Waals surface area contributed by atoms with Gasteiger partial charge in [-0.25, -0.2) is 4.98 Å². The van der Waals surface area contributed by atoms with Crippen LogP contribution in [-0.4, -0.2) is 21.6 Å². The lowest BCUT2D eigenvalue weighted by atomic mass is 10.1. The Morgan fingerprint density at radius 1 is 1.11 bits per heavy atom. The van der Waals surface area contributed by atoms with Gasteiger partial charge in [-0.2, -0.15) is 0 Å². The fourth-order valence-corrected chi connectivity index (χ4v) is 3.64. The van der Waals surface area contributed by atoms with Crippen molar-refractivity contribution in [3.63, 3.8) is 0 Å². The third-order valence-electron chi connectivity index (χ3n) is 4.44. The summed E-state index contributed by atoms with van der Waals surface area (Å²) >= 11 is 1.23. The number of hydrogen-bond donors (Lipinski definition) is 2. The molecule has 0 fully saturated rings. The van der Waals surface area contributed by atoms with Crippen LogP contribution in [0.15, 0.2) is 64.5 Å². The molecule has 28 heavy (non-hydrogen) atoms. The van der Waals surface area contributed by atoms with E-state index in [9.17, 15) is 9.59 Å². The number of benzene rings is 2. The van der Waals surface area contributed by atoms with Gasteiger partial charge in [-0.1, -0.05) is 67.2 Å². The Labute approximate surface area is 168 Å². The first-order chi connectivity index (χ1) is 13.6. The number of aryl methyl sites for hydroxylation is 2. The average Bonchev–Trinajstić information content (AvgIpc) is 2.70. The number of anilines is 1. The number of carbonyl (C=O) groups excluding carboxylic acids is 1. The fraction of sp³-hybridized carbons (Fsp3) is 0.227. The van der Waals surface area contributed by atoms with Crippen LogP contribution < -0.4 is 10.9 Å². The number of carbonyl (C=O) groups is 1. The summed E-state index contributed by atoms with van der Waals surface area (Å²) in [5.74, 6) is 0.0536. The van der Waals surface area contributed by atoms with E-state index in [1.165, 1.54) is 11.8 Å². The van der Waals surface area contributed by atoms with Gasteiger partial charge >= 0.3 is 0 Å². The van der Waals surface area contributed by atoms with Crippen LogP contribution in [0, 0.1) is 6.92 Å². The first-order valence-corrected chi connectivity index (χ1v) is 10.2. The van der Waals surface area contributed by atoms with E-state index in [0.29, 0.717) is 22.8 Å². The Morgan fingerprint density at radius 2 is 1.82 bits per heavy atom. The number of rotatable bonds is 7. The van der Waals surface area contributed by atoms with Gasteiger partial charge < -0.3 is 10.3 Å². The van der Waals surface area contributed by atoms with Gasteiger partial charge in [-0.05, 0) is 30.5 Å². The molecule has 0 bridgehead atoms. The van der Waals surface area contributed by atoms with Crippen molar-refractivity contribution in [1.29, 1.82) is 0 Å². The van der Waals surface area contributed by atoms with Crippen LogP contribution in [0.25, 0.3) is 0 Å². The number of aromatic nitrogens is 2.